The quantitative estimate of drug-likeness (QED) is 0.752. The minimum Gasteiger partial charge on any atom is -0.384 e. The van der Waals surface area contributed by atoms with Crippen molar-refractivity contribution < 1.29 is 5.11 Å². The van der Waals surface area contributed by atoms with Gasteiger partial charge in [-0.25, -0.2) is 0 Å². The summed E-state index contributed by atoms with van der Waals surface area (Å²) < 4.78 is 0. The second-order valence-corrected chi connectivity index (χ2v) is 3.54. The third-order valence-corrected chi connectivity index (χ3v) is 2.53. The molecule has 0 amide bonds. The Labute approximate surface area is 95.4 Å². The van der Waals surface area contributed by atoms with Gasteiger partial charge < -0.3 is 5.11 Å². The highest BCUT2D eigenvalue weighted by Crippen LogP contribution is 2.24. The Bertz CT molecular complexity index is 508. The first-order valence-corrected chi connectivity index (χ1v) is 5.11. The fourth-order valence-corrected chi connectivity index (χ4v) is 1.68. The molecule has 78 valence electrons. The van der Waals surface area contributed by atoms with Crippen molar-refractivity contribution in [3.05, 3.63) is 71.3 Å². The van der Waals surface area contributed by atoms with Crippen LogP contribution in [0, 0.1) is 12.3 Å². The molecule has 0 saturated carbocycles. The Morgan fingerprint density at radius 2 is 1.56 bits per heavy atom. The van der Waals surface area contributed by atoms with Crippen LogP contribution in [0.3, 0.4) is 0 Å². The van der Waals surface area contributed by atoms with Crippen LogP contribution in [0.5, 0.6) is 0 Å². The SMILES string of the molecule is C#Cc1ccccc1C(O)c1ccccc1. The molecule has 0 radical (unpaired) electrons. The number of aliphatic hydroxyl groups excluding tert-OH is 1. The minimum atomic E-state index is -0.659. The second-order valence-electron chi connectivity index (χ2n) is 3.54. The van der Waals surface area contributed by atoms with Gasteiger partial charge in [-0.3, -0.25) is 0 Å². The summed E-state index contributed by atoms with van der Waals surface area (Å²) in [6.07, 6.45) is 4.75. The number of hydrogen-bond donors (Lipinski definition) is 1. The van der Waals surface area contributed by atoms with Crippen molar-refractivity contribution in [3.8, 4) is 12.3 Å². The predicted octanol–water partition coefficient (Wildman–Crippen LogP) is 2.75. The molecule has 0 aromatic heterocycles. The molecule has 1 unspecified atom stereocenters. The van der Waals surface area contributed by atoms with Crippen molar-refractivity contribution in [2.45, 2.75) is 6.10 Å². The van der Waals surface area contributed by atoms with Gasteiger partial charge in [0.05, 0.1) is 0 Å². The molecule has 0 aliphatic carbocycles. The van der Waals surface area contributed by atoms with Crippen molar-refractivity contribution in [2.75, 3.05) is 0 Å². The molecule has 0 fully saturated rings. The average molecular weight is 208 g/mol. The van der Waals surface area contributed by atoms with Crippen molar-refractivity contribution >= 4 is 0 Å². The largest absolute Gasteiger partial charge is 0.384 e. The molecular formula is C15H12O. The van der Waals surface area contributed by atoms with E-state index in [1.807, 2.05) is 54.6 Å². The first kappa shape index (κ1) is 10.5. The number of benzene rings is 2. The molecule has 0 aliphatic rings. The summed E-state index contributed by atoms with van der Waals surface area (Å²) in [5, 5.41) is 10.2. The predicted molar refractivity (Wildman–Crippen MR) is 64.9 cm³/mol. The van der Waals surface area contributed by atoms with Gasteiger partial charge in [0.15, 0.2) is 0 Å². The van der Waals surface area contributed by atoms with Crippen LogP contribution >= 0.6 is 0 Å². The monoisotopic (exact) mass is 208 g/mol. The maximum Gasteiger partial charge on any atom is 0.105 e. The molecule has 0 bridgehead atoms. The van der Waals surface area contributed by atoms with Crippen LogP contribution in [0.1, 0.15) is 22.8 Å². The van der Waals surface area contributed by atoms with Crippen LogP contribution in [-0.2, 0) is 0 Å². The number of terminal acetylenes is 1. The van der Waals surface area contributed by atoms with E-state index in [0.29, 0.717) is 0 Å². The molecule has 0 spiro atoms. The molecule has 2 aromatic carbocycles. The lowest BCUT2D eigenvalue weighted by Crippen LogP contribution is -2.01. The summed E-state index contributed by atoms with van der Waals surface area (Å²) in [6, 6.07) is 16.9. The zero-order valence-corrected chi connectivity index (χ0v) is 8.80. The van der Waals surface area contributed by atoms with E-state index in [1.54, 1.807) is 0 Å². The van der Waals surface area contributed by atoms with Crippen LogP contribution in [0.25, 0.3) is 0 Å². The molecule has 1 atom stereocenters. The summed E-state index contributed by atoms with van der Waals surface area (Å²) in [5.41, 5.74) is 2.36. The summed E-state index contributed by atoms with van der Waals surface area (Å²) in [5.74, 6) is 2.59. The van der Waals surface area contributed by atoms with Gasteiger partial charge in [-0.05, 0) is 11.6 Å². The topological polar surface area (TPSA) is 20.2 Å². The second kappa shape index (κ2) is 4.65. The normalized spacial score (nSPS) is 11.8. The van der Waals surface area contributed by atoms with Gasteiger partial charge in [0.25, 0.3) is 0 Å². The molecule has 1 N–H and O–H groups in total. The smallest absolute Gasteiger partial charge is 0.105 e. The minimum absolute atomic E-state index is 0.659. The third kappa shape index (κ3) is 1.98. The fraction of sp³-hybridized carbons (Fsp3) is 0.0667. The van der Waals surface area contributed by atoms with Crippen LogP contribution < -0.4 is 0 Å². The maximum atomic E-state index is 10.2. The van der Waals surface area contributed by atoms with E-state index in [-0.39, 0.29) is 0 Å². The van der Waals surface area contributed by atoms with Crippen LogP contribution in [0.15, 0.2) is 54.6 Å². The Hall–Kier alpha value is -2.04. The maximum absolute atomic E-state index is 10.2. The Morgan fingerprint density at radius 3 is 2.25 bits per heavy atom. The third-order valence-electron chi connectivity index (χ3n) is 2.53. The van der Waals surface area contributed by atoms with Gasteiger partial charge in [0.2, 0.25) is 0 Å². The van der Waals surface area contributed by atoms with Gasteiger partial charge in [-0.15, -0.1) is 6.42 Å². The Kier molecular flexibility index (Phi) is 3.05. The number of rotatable bonds is 2. The summed E-state index contributed by atoms with van der Waals surface area (Å²) in [6.45, 7) is 0. The highest BCUT2D eigenvalue weighted by molar-refractivity contribution is 5.44. The highest BCUT2D eigenvalue weighted by atomic mass is 16.3. The molecule has 0 aliphatic heterocycles. The summed E-state index contributed by atoms with van der Waals surface area (Å²) in [4.78, 5) is 0. The lowest BCUT2D eigenvalue weighted by atomic mass is 9.97. The van der Waals surface area contributed by atoms with E-state index in [2.05, 4.69) is 5.92 Å². The van der Waals surface area contributed by atoms with Crippen LogP contribution in [0.2, 0.25) is 0 Å². The van der Waals surface area contributed by atoms with Crippen molar-refractivity contribution in [2.24, 2.45) is 0 Å². The zero-order valence-electron chi connectivity index (χ0n) is 8.80. The standard InChI is InChI=1S/C15H12O/c1-2-12-8-6-7-11-14(12)15(16)13-9-4-3-5-10-13/h1,3-11,15-16H. The van der Waals surface area contributed by atoms with Crippen molar-refractivity contribution in [1.82, 2.24) is 0 Å². The average Bonchev–Trinajstić information content (AvgIpc) is 2.39. The van der Waals surface area contributed by atoms with Gasteiger partial charge in [0.1, 0.15) is 6.10 Å². The molecule has 0 heterocycles. The van der Waals surface area contributed by atoms with Gasteiger partial charge in [-0.2, -0.15) is 0 Å². The molecule has 1 heteroatoms. The molecule has 2 aromatic rings. The molecule has 0 saturated heterocycles. The number of aliphatic hydroxyl groups is 1. The summed E-state index contributed by atoms with van der Waals surface area (Å²) in [7, 11) is 0. The van der Waals surface area contributed by atoms with Crippen molar-refractivity contribution in [1.29, 1.82) is 0 Å². The van der Waals surface area contributed by atoms with Gasteiger partial charge in [-0.1, -0.05) is 54.5 Å². The van der Waals surface area contributed by atoms with Crippen LogP contribution in [0.4, 0.5) is 0 Å². The first-order valence-electron chi connectivity index (χ1n) is 5.11. The number of hydrogen-bond acceptors (Lipinski definition) is 1. The molecule has 1 nitrogen and oxygen atoms in total. The van der Waals surface area contributed by atoms with E-state index in [9.17, 15) is 5.11 Å². The lowest BCUT2D eigenvalue weighted by Gasteiger charge is -2.13. The van der Waals surface area contributed by atoms with E-state index in [0.717, 1.165) is 16.7 Å². The highest BCUT2D eigenvalue weighted by Gasteiger charge is 2.12. The van der Waals surface area contributed by atoms with E-state index in [1.165, 1.54) is 0 Å². The van der Waals surface area contributed by atoms with Crippen molar-refractivity contribution in [3.63, 3.8) is 0 Å². The first-order chi connectivity index (χ1) is 7.83. The van der Waals surface area contributed by atoms with E-state index in [4.69, 9.17) is 6.42 Å². The van der Waals surface area contributed by atoms with E-state index < -0.39 is 6.10 Å². The zero-order chi connectivity index (χ0) is 11.4. The Balaban J connectivity index is 2.42. The van der Waals surface area contributed by atoms with Gasteiger partial charge in [0, 0.05) is 11.1 Å². The Morgan fingerprint density at radius 1 is 0.938 bits per heavy atom. The van der Waals surface area contributed by atoms with Gasteiger partial charge >= 0.3 is 0 Å². The molecule has 2 rings (SSSR count). The van der Waals surface area contributed by atoms with E-state index >= 15 is 0 Å². The van der Waals surface area contributed by atoms with Crippen LogP contribution in [-0.4, -0.2) is 5.11 Å². The molecular weight excluding hydrogens is 196 g/mol. The fourth-order valence-electron chi connectivity index (χ4n) is 1.68. The molecule has 16 heavy (non-hydrogen) atoms. The summed E-state index contributed by atoms with van der Waals surface area (Å²) >= 11 is 0. The lowest BCUT2D eigenvalue weighted by molar-refractivity contribution is 0.220.